The number of aromatic carboxylic acids is 1. The van der Waals surface area contributed by atoms with Crippen LogP contribution in [0.2, 0.25) is 5.02 Å². The van der Waals surface area contributed by atoms with Crippen molar-refractivity contribution in [1.29, 1.82) is 0 Å². The van der Waals surface area contributed by atoms with Gasteiger partial charge in [-0.3, -0.25) is 0 Å². The molecule has 0 atom stereocenters. The summed E-state index contributed by atoms with van der Waals surface area (Å²) in [6, 6.07) is 6.85. The van der Waals surface area contributed by atoms with Crippen LogP contribution in [0.4, 0.5) is 0 Å². The van der Waals surface area contributed by atoms with Gasteiger partial charge in [0.15, 0.2) is 9.84 Å². The van der Waals surface area contributed by atoms with Gasteiger partial charge in [0.2, 0.25) is 0 Å². The van der Waals surface area contributed by atoms with Crippen molar-refractivity contribution in [3.8, 4) is 0 Å². The summed E-state index contributed by atoms with van der Waals surface area (Å²) in [5, 5.41) is 9.31. The molecule has 5 nitrogen and oxygen atoms in total. The molecule has 0 bridgehead atoms. The van der Waals surface area contributed by atoms with Gasteiger partial charge in [0.1, 0.15) is 17.1 Å². The lowest BCUT2D eigenvalue weighted by Gasteiger charge is -2.03. The quantitative estimate of drug-likeness (QED) is 0.938. The third-order valence-electron chi connectivity index (χ3n) is 2.47. The fourth-order valence-corrected chi connectivity index (χ4v) is 2.95. The van der Waals surface area contributed by atoms with Gasteiger partial charge in [-0.25, -0.2) is 13.2 Å². The predicted octanol–water partition coefficient (Wildman–Crippen LogP) is 2.61. The van der Waals surface area contributed by atoms with Crippen LogP contribution in [0.15, 0.2) is 45.9 Å². The van der Waals surface area contributed by atoms with Crippen LogP contribution >= 0.6 is 11.6 Å². The van der Waals surface area contributed by atoms with Crippen molar-refractivity contribution in [2.45, 2.75) is 10.6 Å². The molecule has 1 heterocycles. The van der Waals surface area contributed by atoms with Gasteiger partial charge in [-0.15, -0.1) is 0 Å². The first-order valence-corrected chi connectivity index (χ1v) is 7.21. The fourth-order valence-electron chi connectivity index (χ4n) is 1.54. The highest BCUT2D eigenvalue weighted by molar-refractivity contribution is 7.90. The Kier molecular flexibility index (Phi) is 3.64. The molecule has 0 spiro atoms. The van der Waals surface area contributed by atoms with Crippen molar-refractivity contribution in [3.63, 3.8) is 0 Å². The molecular weight excluding hydrogens is 292 g/mol. The third kappa shape index (κ3) is 2.97. The van der Waals surface area contributed by atoms with E-state index in [0.717, 1.165) is 6.26 Å². The summed E-state index contributed by atoms with van der Waals surface area (Å²) in [6.45, 7) is 0. The number of carbonyl (C=O) groups is 1. The smallest absolute Gasteiger partial charge is 0.339 e. The van der Waals surface area contributed by atoms with E-state index in [2.05, 4.69) is 0 Å². The average Bonchev–Trinajstić information content (AvgIpc) is 2.77. The molecule has 1 aromatic carbocycles. The van der Waals surface area contributed by atoms with E-state index in [1.165, 1.54) is 30.3 Å². The van der Waals surface area contributed by atoms with Crippen molar-refractivity contribution in [1.82, 2.24) is 0 Å². The van der Waals surface area contributed by atoms with E-state index in [4.69, 9.17) is 21.1 Å². The summed E-state index contributed by atoms with van der Waals surface area (Å²) in [4.78, 5) is 10.9. The number of halogens is 1. The molecule has 0 saturated carbocycles. The molecule has 0 aliphatic carbocycles. The van der Waals surface area contributed by atoms with Crippen LogP contribution in [-0.4, -0.2) is 19.5 Å². The van der Waals surface area contributed by atoms with E-state index in [1.807, 2.05) is 0 Å². The molecule has 0 radical (unpaired) electrons. The molecule has 19 heavy (non-hydrogen) atoms. The zero-order valence-electron chi connectivity index (χ0n) is 9.54. The number of carboxylic acids is 1. The maximum Gasteiger partial charge on any atom is 0.339 e. The van der Waals surface area contributed by atoms with Crippen LogP contribution in [-0.2, 0) is 15.6 Å². The first-order chi connectivity index (χ1) is 8.90. The van der Waals surface area contributed by atoms with E-state index in [9.17, 15) is 13.2 Å². The first kappa shape index (κ1) is 13.6. The van der Waals surface area contributed by atoms with Crippen LogP contribution < -0.4 is 0 Å². The molecule has 0 fully saturated rings. The first-order valence-electron chi connectivity index (χ1n) is 5.18. The monoisotopic (exact) mass is 300 g/mol. The second-order valence-corrected chi connectivity index (χ2v) is 6.20. The number of hydrogen-bond acceptors (Lipinski definition) is 4. The van der Waals surface area contributed by atoms with E-state index in [1.54, 1.807) is 0 Å². The zero-order valence-corrected chi connectivity index (χ0v) is 11.1. The summed E-state index contributed by atoms with van der Waals surface area (Å²) in [6.07, 6.45) is 1.15. The second-order valence-electron chi connectivity index (χ2n) is 3.78. The van der Waals surface area contributed by atoms with Crippen molar-refractivity contribution in [2.75, 3.05) is 0 Å². The van der Waals surface area contributed by atoms with E-state index in [0.29, 0.717) is 5.02 Å². The number of furan rings is 1. The number of rotatable bonds is 4. The number of hydrogen-bond donors (Lipinski definition) is 1. The summed E-state index contributed by atoms with van der Waals surface area (Å²) in [5.41, 5.74) is -0.155. The molecule has 0 aliphatic heterocycles. The highest BCUT2D eigenvalue weighted by Gasteiger charge is 2.22. The summed E-state index contributed by atoms with van der Waals surface area (Å²) in [7, 11) is -3.67. The molecule has 1 N–H and O–H groups in total. The molecule has 0 unspecified atom stereocenters. The zero-order chi connectivity index (χ0) is 14.0. The van der Waals surface area contributed by atoms with Crippen LogP contribution in [0.3, 0.4) is 0 Å². The van der Waals surface area contributed by atoms with E-state index in [-0.39, 0.29) is 16.2 Å². The van der Waals surface area contributed by atoms with Gasteiger partial charge < -0.3 is 9.52 Å². The largest absolute Gasteiger partial charge is 0.478 e. The van der Waals surface area contributed by atoms with Crippen LogP contribution in [0.1, 0.15) is 16.1 Å². The Bertz CT molecular complexity index is 700. The SMILES string of the molecule is O=C(O)c1ccoc1CS(=O)(=O)c1ccc(Cl)cc1. The Morgan fingerprint density at radius 2 is 1.84 bits per heavy atom. The fraction of sp³-hybridized carbons (Fsp3) is 0.0833. The third-order valence-corrected chi connectivity index (χ3v) is 4.35. The van der Waals surface area contributed by atoms with Gasteiger partial charge in [-0.05, 0) is 30.3 Å². The lowest BCUT2D eigenvalue weighted by atomic mass is 10.3. The van der Waals surface area contributed by atoms with Gasteiger partial charge in [-0.1, -0.05) is 11.6 Å². The number of benzene rings is 1. The standard InChI is InChI=1S/C12H9ClO5S/c13-8-1-3-9(4-2-8)19(16,17)7-11-10(12(14)15)5-6-18-11/h1-6H,7H2,(H,14,15). The minimum Gasteiger partial charge on any atom is -0.478 e. The number of sulfone groups is 1. The van der Waals surface area contributed by atoms with E-state index < -0.39 is 21.6 Å². The average molecular weight is 301 g/mol. The molecule has 1 aromatic heterocycles. The lowest BCUT2D eigenvalue weighted by molar-refractivity contribution is 0.0695. The van der Waals surface area contributed by atoms with Gasteiger partial charge in [-0.2, -0.15) is 0 Å². The highest BCUT2D eigenvalue weighted by Crippen LogP contribution is 2.21. The van der Waals surface area contributed by atoms with Gasteiger partial charge >= 0.3 is 5.97 Å². The topological polar surface area (TPSA) is 84.6 Å². The second kappa shape index (κ2) is 5.07. The molecule has 7 heteroatoms. The molecule has 100 valence electrons. The predicted molar refractivity (Wildman–Crippen MR) is 68.0 cm³/mol. The minimum atomic E-state index is -3.67. The molecule has 2 aromatic rings. The number of carboxylic acid groups (broad SMARTS) is 1. The Morgan fingerprint density at radius 1 is 1.21 bits per heavy atom. The van der Waals surface area contributed by atoms with Gasteiger partial charge in [0.25, 0.3) is 0 Å². The summed E-state index contributed by atoms with van der Waals surface area (Å²) in [5.74, 6) is -1.83. The Morgan fingerprint density at radius 3 is 2.42 bits per heavy atom. The Hall–Kier alpha value is -1.79. The molecular formula is C12H9ClO5S. The van der Waals surface area contributed by atoms with Crippen LogP contribution in [0.5, 0.6) is 0 Å². The molecule has 0 amide bonds. The minimum absolute atomic E-state index is 0.0599. The van der Waals surface area contributed by atoms with Crippen molar-refractivity contribution in [2.24, 2.45) is 0 Å². The van der Waals surface area contributed by atoms with Crippen molar-refractivity contribution < 1.29 is 22.7 Å². The molecule has 0 saturated heterocycles. The summed E-state index contributed by atoms with van der Waals surface area (Å²) < 4.78 is 29.1. The lowest BCUT2D eigenvalue weighted by Crippen LogP contribution is -2.07. The maximum atomic E-state index is 12.1. The molecule has 2 rings (SSSR count). The Balaban J connectivity index is 2.34. The van der Waals surface area contributed by atoms with Gasteiger partial charge in [0, 0.05) is 5.02 Å². The van der Waals surface area contributed by atoms with Crippen molar-refractivity contribution in [3.05, 3.63) is 52.9 Å². The normalized spacial score (nSPS) is 11.4. The van der Waals surface area contributed by atoms with E-state index >= 15 is 0 Å². The molecule has 0 aliphatic rings. The summed E-state index contributed by atoms with van der Waals surface area (Å²) >= 11 is 5.68. The van der Waals surface area contributed by atoms with Gasteiger partial charge in [0.05, 0.1) is 11.2 Å². The van der Waals surface area contributed by atoms with Crippen LogP contribution in [0.25, 0.3) is 0 Å². The van der Waals surface area contributed by atoms with Crippen LogP contribution in [0, 0.1) is 0 Å². The Labute approximate surface area is 114 Å². The highest BCUT2D eigenvalue weighted by atomic mass is 35.5. The van der Waals surface area contributed by atoms with Crippen molar-refractivity contribution >= 4 is 27.4 Å². The maximum absolute atomic E-state index is 12.1.